The minimum absolute atomic E-state index is 0.0210. The van der Waals surface area contributed by atoms with Gasteiger partial charge in [-0.15, -0.1) is 0 Å². The molecule has 0 saturated carbocycles. The molecule has 26 heavy (non-hydrogen) atoms. The van der Waals surface area contributed by atoms with E-state index in [1.54, 1.807) is 29.2 Å². The molecule has 136 valence electrons. The summed E-state index contributed by atoms with van der Waals surface area (Å²) in [6, 6.07) is 13.4. The molecule has 0 aromatic heterocycles. The van der Waals surface area contributed by atoms with Crippen molar-refractivity contribution in [1.29, 1.82) is 0 Å². The molecule has 1 saturated heterocycles. The monoisotopic (exact) mass is 356 g/mol. The van der Waals surface area contributed by atoms with E-state index in [-0.39, 0.29) is 30.2 Å². The minimum atomic E-state index is -0.291. The van der Waals surface area contributed by atoms with E-state index in [2.05, 4.69) is 5.32 Å². The minimum Gasteiger partial charge on any atom is -0.370 e. The van der Waals surface area contributed by atoms with Gasteiger partial charge in [-0.25, -0.2) is 4.39 Å². The summed E-state index contributed by atoms with van der Waals surface area (Å²) in [4.78, 5) is 25.4. The first-order chi connectivity index (χ1) is 12.5. The maximum Gasteiger partial charge on any atom is 0.227 e. The molecule has 6 heteroatoms. The van der Waals surface area contributed by atoms with Crippen molar-refractivity contribution in [3.63, 3.8) is 0 Å². The molecule has 0 bridgehead atoms. The second kappa shape index (κ2) is 8.10. The first kappa shape index (κ1) is 18.1. The van der Waals surface area contributed by atoms with Gasteiger partial charge in [0.05, 0.1) is 19.6 Å². The highest BCUT2D eigenvalue weighted by Crippen LogP contribution is 2.23. The molecule has 2 aromatic rings. The van der Waals surface area contributed by atoms with Crippen molar-refractivity contribution in [2.24, 2.45) is 0 Å². The van der Waals surface area contributed by atoms with Crippen LogP contribution in [0.3, 0.4) is 0 Å². The Morgan fingerprint density at radius 2 is 1.85 bits per heavy atom. The van der Waals surface area contributed by atoms with Crippen molar-refractivity contribution in [2.45, 2.75) is 19.4 Å². The Labute approximate surface area is 151 Å². The third-order valence-electron chi connectivity index (χ3n) is 4.29. The van der Waals surface area contributed by atoms with Gasteiger partial charge in [-0.1, -0.05) is 24.3 Å². The standard InChI is InChI=1S/C20H21FN2O3/c1-14(24)22-18-8-2-15(3-9-18)12-20(25)23-10-11-26-19(13-23)16-4-6-17(21)7-5-16/h2-9,19H,10-13H2,1H3,(H,22,24)/t19-/m0/s1. The average molecular weight is 356 g/mol. The number of ether oxygens (including phenoxy) is 1. The molecule has 2 amide bonds. The highest BCUT2D eigenvalue weighted by Gasteiger charge is 2.25. The van der Waals surface area contributed by atoms with Crippen LogP contribution in [-0.4, -0.2) is 36.4 Å². The number of nitrogens with zero attached hydrogens (tertiary/aromatic N) is 1. The lowest BCUT2D eigenvalue weighted by Gasteiger charge is -2.33. The van der Waals surface area contributed by atoms with E-state index in [0.717, 1.165) is 11.1 Å². The number of halogens is 1. The number of nitrogens with one attached hydrogen (secondary N) is 1. The molecule has 1 atom stereocenters. The van der Waals surface area contributed by atoms with Crippen LogP contribution >= 0.6 is 0 Å². The Hall–Kier alpha value is -2.73. The number of hydrogen-bond acceptors (Lipinski definition) is 3. The lowest BCUT2D eigenvalue weighted by atomic mass is 10.1. The van der Waals surface area contributed by atoms with E-state index >= 15 is 0 Å². The van der Waals surface area contributed by atoms with Crippen LogP contribution in [0.2, 0.25) is 0 Å². The summed E-state index contributed by atoms with van der Waals surface area (Å²) in [6.07, 6.45) is 0.0479. The van der Waals surface area contributed by atoms with Crippen molar-refractivity contribution in [3.8, 4) is 0 Å². The van der Waals surface area contributed by atoms with E-state index in [1.807, 2.05) is 12.1 Å². The third kappa shape index (κ3) is 4.67. The summed E-state index contributed by atoms with van der Waals surface area (Å²) < 4.78 is 18.8. The highest BCUT2D eigenvalue weighted by molar-refractivity contribution is 5.88. The summed E-state index contributed by atoms with van der Waals surface area (Å²) in [5.74, 6) is -0.401. The van der Waals surface area contributed by atoms with E-state index < -0.39 is 0 Å². The van der Waals surface area contributed by atoms with Crippen LogP contribution in [0.15, 0.2) is 48.5 Å². The number of rotatable bonds is 4. The van der Waals surface area contributed by atoms with Crippen LogP contribution in [0.1, 0.15) is 24.2 Å². The average Bonchev–Trinajstić information content (AvgIpc) is 2.63. The number of amides is 2. The summed E-state index contributed by atoms with van der Waals surface area (Å²) >= 11 is 0. The summed E-state index contributed by atoms with van der Waals surface area (Å²) in [5, 5.41) is 2.70. The Bertz CT molecular complexity index is 775. The van der Waals surface area contributed by atoms with Gasteiger partial charge in [0.25, 0.3) is 0 Å². The molecule has 2 aromatic carbocycles. The van der Waals surface area contributed by atoms with Gasteiger partial charge in [0.15, 0.2) is 0 Å². The zero-order valence-electron chi connectivity index (χ0n) is 14.6. The second-order valence-electron chi connectivity index (χ2n) is 6.31. The Morgan fingerprint density at radius 3 is 2.50 bits per heavy atom. The number of carbonyl (C=O) groups is 2. The lowest BCUT2D eigenvalue weighted by molar-refractivity contribution is -0.138. The van der Waals surface area contributed by atoms with Crippen molar-refractivity contribution in [2.75, 3.05) is 25.0 Å². The molecule has 1 fully saturated rings. The largest absolute Gasteiger partial charge is 0.370 e. The van der Waals surface area contributed by atoms with Crippen LogP contribution in [-0.2, 0) is 20.7 Å². The van der Waals surface area contributed by atoms with Crippen LogP contribution in [0.4, 0.5) is 10.1 Å². The number of hydrogen-bond donors (Lipinski definition) is 1. The van der Waals surface area contributed by atoms with Crippen LogP contribution in [0, 0.1) is 5.82 Å². The van der Waals surface area contributed by atoms with E-state index in [1.165, 1.54) is 19.1 Å². The molecule has 1 aliphatic heterocycles. The molecular formula is C20H21FN2O3. The van der Waals surface area contributed by atoms with Crippen LogP contribution in [0.25, 0.3) is 0 Å². The Kier molecular flexibility index (Phi) is 5.63. The maximum absolute atomic E-state index is 13.1. The predicted molar refractivity (Wildman–Crippen MR) is 96.1 cm³/mol. The number of carbonyl (C=O) groups excluding carboxylic acids is 2. The molecule has 1 aliphatic rings. The Balaban J connectivity index is 1.60. The summed E-state index contributed by atoms with van der Waals surface area (Å²) in [5.41, 5.74) is 2.45. The van der Waals surface area contributed by atoms with Gasteiger partial charge >= 0.3 is 0 Å². The third-order valence-corrected chi connectivity index (χ3v) is 4.29. The fourth-order valence-corrected chi connectivity index (χ4v) is 2.95. The molecule has 5 nitrogen and oxygen atoms in total. The molecular weight excluding hydrogens is 335 g/mol. The molecule has 0 spiro atoms. The molecule has 3 rings (SSSR count). The van der Waals surface area contributed by atoms with Crippen LogP contribution < -0.4 is 5.32 Å². The topological polar surface area (TPSA) is 58.6 Å². The SMILES string of the molecule is CC(=O)Nc1ccc(CC(=O)N2CCO[C@H](c3ccc(F)cc3)C2)cc1. The van der Waals surface area contributed by atoms with Gasteiger partial charge in [0.2, 0.25) is 11.8 Å². The van der Waals surface area contributed by atoms with E-state index in [0.29, 0.717) is 25.4 Å². The van der Waals surface area contributed by atoms with Gasteiger partial charge in [-0.3, -0.25) is 9.59 Å². The van der Waals surface area contributed by atoms with Crippen molar-refractivity contribution < 1.29 is 18.7 Å². The first-order valence-corrected chi connectivity index (χ1v) is 8.52. The smallest absolute Gasteiger partial charge is 0.227 e. The molecule has 0 unspecified atom stereocenters. The maximum atomic E-state index is 13.1. The molecule has 0 aliphatic carbocycles. The highest BCUT2D eigenvalue weighted by atomic mass is 19.1. The van der Waals surface area contributed by atoms with Gasteiger partial charge in [0, 0.05) is 19.2 Å². The zero-order valence-corrected chi connectivity index (χ0v) is 14.6. The van der Waals surface area contributed by atoms with Gasteiger partial charge in [0.1, 0.15) is 11.9 Å². The fraction of sp³-hybridized carbons (Fsp3) is 0.300. The van der Waals surface area contributed by atoms with E-state index in [9.17, 15) is 14.0 Å². The summed E-state index contributed by atoms with van der Waals surface area (Å²) in [7, 11) is 0. The number of morpholine rings is 1. The van der Waals surface area contributed by atoms with E-state index in [4.69, 9.17) is 4.74 Å². The molecule has 0 radical (unpaired) electrons. The van der Waals surface area contributed by atoms with Crippen molar-refractivity contribution >= 4 is 17.5 Å². The zero-order chi connectivity index (χ0) is 18.5. The van der Waals surface area contributed by atoms with Crippen LogP contribution in [0.5, 0.6) is 0 Å². The lowest BCUT2D eigenvalue weighted by Crippen LogP contribution is -2.43. The molecule has 1 N–H and O–H groups in total. The first-order valence-electron chi connectivity index (χ1n) is 8.52. The van der Waals surface area contributed by atoms with Gasteiger partial charge < -0.3 is 15.0 Å². The fourth-order valence-electron chi connectivity index (χ4n) is 2.95. The second-order valence-corrected chi connectivity index (χ2v) is 6.31. The molecule has 1 heterocycles. The number of benzene rings is 2. The normalized spacial score (nSPS) is 17.0. The van der Waals surface area contributed by atoms with Crippen molar-refractivity contribution in [1.82, 2.24) is 4.90 Å². The number of anilines is 1. The van der Waals surface area contributed by atoms with Crippen molar-refractivity contribution in [3.05, 3.63) is 65.5 Å². The predicted octanol–water partition coefficient (Wildman–Crippen LogP) is 2.93. The quantitative estimate of drug-likeness (QED) is 0.916. The van der Waals surface area contributed by atoms with Gasteiger partial charge in [-0.2, -0.15) is 0 Å². The van der Waals surface area contributed by atoms with Gasteiger partial charge in [-0.05, 0) is 35.4 Å². The Morgan fingerprint density at radius 1 is 1.15 bits per heavy atom. The summed E-state index contributed by atoms with van der Waals surface area (Å²) in [6.45, 7) is 2.90.